The Labute approximate surface area is 157 Å². The van der Waals surface area contributed by atoms with Gasteiger partial charge in [-0.05, 0) is 31.0 Å². The zero-order valence-electron chi connectivity index (χ0n) is 14.9. The van der Waals surface area contributed by atoms with Crippen molar-refractivity contribution in [1.82, 2.24) is 8.87 Å². The number of ether oxygens (including phenoxy) is 1. The number of nitrogens with zero attached hydrogens (tertiary/aromatic N) is 3. The molecule has 0 amide bonds. The average Bonchev–Trinajstić information content (AvgIpc) is 3.04. The maximum absolute atomic E-state index is 12.9. The van der Waals surface area contributed by atoms with E-state index in [1.54, 1.807) is 12.1 Å². The minimum Gasteiger partial charge on any atom is -0.464 e. The van der Waals surface area contributed by atoms with E-state index in [1.165, 1.54) is 34.3 Å². The molecule has 1 fully saturated rings. The normalized spacial score (nSPS) is 15.3. The summed E-state index contributed by atoms with van der Waals surface area (Å²) in [6.07, 6.45) is 4.10. The number of methoxy groups -OCH3 is 1. The Hall–Kier alpha value is -2.83. The number of nitrogens with two attached hydrogens (primary N) is 1. The lowest BCUT2D eigenvalue weighted by atomic mass is 10.2. The lowest BCUT2D eigenvalue weighted by Gasteiger charge is -2.26. The monoisotopic (exact) mass is 388 g/mol. The van der Waals surface area contributed by atoms with Crippen molar-refractivity contribution in [2.75, 3.05) is 25.9 Å². The summed E-state index contributed by atoms with van der Waals surface area (Å²) in [6.45, 7) is 0.990. The third-order valence-corrected chi connectivity index (χ3v) is 6.49. The topological polar surface area (TPSA) is 118 Å². The summed E-state index contributed by atoms with van der Waals surface area (Å²) in [7, 11) is -2.42. The van der Waals surface area contributed by atoms with Gasteiger partial charge in [-0.2, -0.15) is 9.57 Å². The van der Waals surface area contributed by atoms with Crippen LogP contribution in [0, 0.1) is 11.3 Å². The Kier molecular flexibility index (Phi) is 5.21. The van der Waals surface area contributed by atoms with Crippen LogP contribution in [-0.2, 0) is 14.8 Å². The molecule has 1 aromatic heterocycles. The maximum Gasteiger partial charge on any atom is 0.357 e. The molecule has 142 valence electrons. The van der Waals surface area contributed by atoms with Crippen LogP contribution in [0.1, 0.15) is 35.3 Å². The first kappa shape index (κ1) is 18.9. The van der Waals surface area contributed by atoms with Crippen molar-refractivity contribution in [3.05, 3.63) is 41.7 Å². The highest BCUT2D eigenvalue weighted by atomic mass is 32.2. The number of piperidine rings is 1. The standard InChI is InChI=1S/C18H20N4O4S/c1-26-18(23)17-16(20)13(11-19)12-22(17)14-6-5-7-15(10-14)27(24,25)21-8-3-2-4-9-21/h5-7,10,12H,2-4,8-9,20H2,1H3. The van der Waals surface area contributed by atoms with Gasteiger partial charge in [-0.1, -0.05) is 12.5 Å². The Morgan fingerprint density at radius 1 is 1.26 bits per heavy atom. The predicted molar refractivity (Wildman–Crippen MR) is 98.8 cm³/mol. The molecule has 9 heteroatoms. The van der Waals surface area contributed by atoms with E-state index in [9.17, 15) is 18.5 Å². The van der Waals surface area contributed by atoms with Crippen molar-refractivity contribution in [2.45, 2.75) is 24.2 Å². The van der Waals surface area contributed by atoms with Crippen LogP contribution in [0.15, 0.2) is 35.4 Å². The summed E-state index contributed by atoms with van der Waals surface area (Å²) in [5.74, 6) is -0.710. The number of anilines is 1. The predicted octanol–water partition coefficient (Wildman–Crippen LogP) is 1.89. The highest BCUT2D eigenvalue weighted by molar-refractivity contribution is 7.89. The number of benzene rings is 1. The molecule has 0 atom stereocenters. The largest absolute Gasteiger partial charge is 0.464 e. The number of esters is 1. The third-order valence-electron chi connectivity index (χ3n) is 4.59. The maximum atomic E-state index is 12.9. The Balaban J connectivity index is 2.09. The molecule has 2 N–H and O–H groups in total. The molecule has 2 heterocycles. The molecule has 1 aliphatic heterocycles. The van der Waals surface area contributed by atoms with Gasteiger partial charge in [-0.15, -0.1) is 0 Å². The number of hydrogen-bond acceptors (Lipinski definition) is 6. The number of carbonyl (C=O) groups excluding carboxylic acids is 1. The van der Waals surface area contributed by atoms with Crippen molar-refractivity contribution in [2.24, 2.45) is 0 Å². The number of nitriles is 1. The smallest absolute Gasteiger partial charge is 0.357 e. The fourth-order valence-electron chi connectivity index (χ4n) is 3.17. The molecular formula is C18H20N4O4S. The number of nitrogen functional groups attached to an aromatic ring is 1. The molecule has 0 radical (unpaired) electrons. The van der Waals surface area contributed by atoms with Crippen LogP contribution < -0.4 is 5.73 Å². The first-order valence-corrected chi connectivity index (χ1v) is 9.94. The number of sulfonamides is 1. The van der Waals surface area contributed by atoms with Gasteiger partial charge in [-0.25, -0.2) is 13.2 Å². The van der Waals surface area contributed by atoms with E-state index in [2.05, 4.69) is 0 Å². The van der Waals surface area contributed by atoms with Crippen molar-refractivity contribution in [3.63, 3.8) is 0 Å². The first-order valence-electron chi connectivity index (χ1n) is 8.50. The zero-order valence-corrected chi connectivity index (χ0v) is 15.7. The average molecular weight is 388 g/mol. The molecule has 27 heavy (non-hydrogen) atoms. The van der Waals surface area contributed by atoms with E-state index < -0.39 is 16.0 Å². The highest BCUT2D eigenvalue weighted by Crippen LogP contribution is 2.27. The van der Waals surface area contributed by atoms with Gasteiger partial charge in [0.15, 0.2) is 5.69 Å². The van der Waals surface area contributed by atoms with E-state index in [4.69, 9.17) is 10.5 Å². The second-order valence-electron chi connectivity index (χ2n) is 6.24. The van der Waals surface area contributed by atoms with Gasteiger partial charge < -0.3 is 15.0 Å². The third kappa shape index (κ3) is 3.41. The molecule has 0 spiro atoms. The highest BCUT2D eigenvalue weighted by Gasteiger charge is 2.27. The molecule has 1 aromatic carbocycles. The quantitative estimate of drug-likeness (QED) is 0.799. The van der Waals surface area contributed by atoms with Crippen LogP contribution in [0.3, 0.4) is 0 Å². The van der Waals surface area contributed by atoms with Gasteiger partial charge in [-0.3, -0.25) is 0 Å². The van der Waals surface area contributed by atoms with Crippen LogP contribution in [0.5, 0.6) is 0 Å². The molecule has 0 saturated carbocycles. The van der Waals surface area contributed by atoms with Crippen LogP contribution in [0.4, 0.5) is 5.69 Å². The molecule has 0 bridgehead atoms. The zero-order chi connectivity index (χ0) is 19.6. The van der Waals surface area contributed by atoms with Crippen LogP contribution in [0.2, 0.25) is 0 Å². The number of rotatable bonds is 4. The van der Waals surface area contributed by atoms with Crippen LogP contribution in [0.25, 0.3) is 5.69 Å². The van der Waals surface area contributed by atoms with Gasteiger partial charge in [0, 0.05) is 25.0 Å². The molecule has 8 nitrogen and oxygen atoms in total. The summed E-state index contributed by atoms with van der Waals surface area (Å²) in [4.78, 5) is 12.3. The number of hydrogen-bond donors (Lipinski definition) is 1. The van der Waals surface area contributed by atoms with Gasteiger partial charge >= 0.3 is 5.97 Å². The van der Waals surface area contributed by atoms with Crippen molar-refractivity contribution < 1.29 is 17.9 Å². The summed E-state index contributed by atoms with van der Waals surface area (Å²) in [5, 5.41) is 9.21. The van der Waals surface area contributed by atoms with Crippen LogP contribution in [-0.4, -0.2) is 43.5 Å². The molecule has 0 aliphatic carbocycles. The lowest BCUT2D eigenvalue weighted by Crippen LogP contribution is -2.35. The van der Waals surface area contributed by atoms with Crippen molar-refractivity contribution in [3.8, 4) is 11.8 Å². The van der Waals surface area contributed by atoms with E-state index in [-0.39, 0.29) is 21.8 Å². The minimum atomic E-state index is -3.63. The number of aromatic nitrogens is 1. The van der Waals surface area contributed by atoms with Gasteiger partial charge in [0.05, 0.1) is 23.3 Å². The molecule has 1 aliphatic rings. The Bertz CT molecular complexity index is 1010. The fourth-order valence-corrected chi connectivity index (χ4v) is 4.72. The van der Waals surface area contributed by atoms with E-state index in [0.29, 0.717) is 18.8 Å². The Morgan fingerprint density at radius 3 is 2.59 bits per heavy atom. The summed E-state index contributed by atoms with van der Waals surface area (Å²) in [6, 6.07) is 8.14. The molecule has 2 aromatic rings. The minimum absolute atomic E-state index is 0.00589. The van der Waals surface area contributed by atoms with Gasteiger partial charge in [0.25, 0.3) is 0 Å². The molecule has 1 saturated heterocycles. The van der Waals surface area contributed by atoms with E-state index in [0.717, 1.165) is 19.3 Å². The Morgan fingerprint density at radius 2 is 1.96 bits per heavy atom. The van der Waals surface area contributed by atoms with Gasteiger partial charge in [0.2, 0.25) is 10.0 Å². The molecule has 3 rings (SSSR count). The summed E-state index contributed by atoms with van der Waals surface area (Å²) >= 11 is 0. The van der Waals surface area contributed by atoms with Gasteiger partial charge in [0.1, 0.15) is 6.07 Å². The summed E-state index contributed by atoms with van der Waals surface area (Å²) in [5.41, 5.74) is 6.40. The second kappa shape index (κ2) is 7.42. The first-order chi connectivity index (χ1) is 12.9. The van der Waals surface area contributed by atoms with Crippen molar-refractivity contribution in [1.29, 1.82) is 5.26 Å². The fraction of sp³-hybridized carbons (Fsp3) is 0.333. The van der Waals surface area contributed by atoms with E-state index >= 15 is 0 Å². The second-order valence-corrected chi connectivity index (χ2v) is 8.18. The summed E-state index contributed by atoms with van der Waals surface area (Å²) < 4.78 is 33.5. The van der Waals surface area contributed by atoms with E-state index in [1.807, 2.05) is 6.07 Å². The molecule has 0 unspecified atom stereocenters. The number of carbonyl (C=O) groups is 1. The van der Waals surface area contributed by atoms with Crippen LogP contribution >= 0.6 is 0 Å². The lowest BCUT2D eigenvalue weighted by molar-refractivity contribution is 0.0593. The SMILES string of the molecule is COC(=O)c1c(N)c(C#N)cn1-c1cccc(S(=O)(=O)N2CCCCC2)c1. The van der Waals surface area contributed by atoms with Crippen molar-refractivity contribution >= 4 is 21.7 Å². The molecular weight excluding hydrogens is 368 g/mol.